The lowest BCUT2D eigenvalue weighted by Gasteiger charge is -2.20. The van der Waals surface area contributed by atoms with Crippen LogP contribution in [-0.4, -0.2) is 27.0 Å². The summed E-state index contributed by atoms with van der Waals surface area (Å²) in [5.74, 6) is -2.50. The number of imidazole rings is 1. The zero-order chi connectivity index (χ0) is 21.3. The summed E-state index contributed by atoms with van der Waals surface area (Å²) in [5.41, 5.74) is 1.72. The molecular formula is C21H17ClF2N4OS. The molecule has 0 saturated heterocycles. The smallest absolute Gasteiger partial charge is 0.260 e. The van der Waals surface area contributed by atoms with Gasteiger partial charge < -0.3 is 4.57 Å². The molecule has 5 nitrogen and oxygen atoms in total. The minimum atomic E-state index is -1.06. The molecule has 0 radical (unpaired) electrons. The number of aryl methyl sites for hydroxylation is 2. The number of nitrogens with zero attached hydrogens (tertiary/aromatic N) is 4. The summed E-state index contributed by atoms with van der Waals surface area (Å²) in [6.07, 6.45) is 5.85. The number of rotatable bonds is 6. The number of carbonyl (C=O) groups is 1. The molecule has 0 N–H and O–H groups in total. The molecule has 4 aromatic rings. The van der Waals surface area contributed by atoms with Crippen LogP contribution in [0.25, 0.3) is 10.2 Å². The van der Waals surface area contributed by atoms with Gasteiger partial charge in [0.25, 0.3) is 5.91 Å². The second-order valence-corrected chi connectivity index (χ2v) is 8.25. The van der Waals surface area contributed by atoms with Crippen LogP contribution in [0.15, 0.2) is 49.1 Å². The Kier molecular flexibility index (Phi) is 5.78. The molecule has 2 aromatic heterocycles. The van der Waals surface area contributed by atoms with E-state index in [4.69, 9.17) is 11.6 Å². The second-order valence-electron chi connectivity index (χ2n) is 6.81. The third-order valence-corrected chi connectivity index (χ3v) is 5.88. The molecule has 2 aromatic carbocycles. The Bertz CT molecular complexity index is 1210. The molecule has 9 heteroatoms. The molecule has 154 valence electrons. The molecule has 4 rings (SSSR count). The average Bonchev–Trinajstić information content (AvgIpc) is 3.36. The summed E-state index contributed by atoms with van der Waals surface area (Å²) in [5, 5.41) is 1.07. The number of halogens is 3. The quantitative estimate of drug-likeness (QED) is 0.394. The summed E-state index contributed by atoms with van der Waals surface area (Å²) in [6.45, 7) is 2.90. The first-order valence-electron chi connectivity index (χ1n) is 9.22. The minimum Gasteiger partial charge on any atom is -0.337 e. The summed E-state index contributed by atoms with van der Waals surface area (Å²) in [4.78, 5) is 23.3. The molecule has 0 spiro atoms. The summed E-state index contributed by atoms with van der Waals surface area (Å²) in [7, 11) is 0. The third kappa shape index (κ3) is 4.20. The van der Waals surface area contributed by atoms with E-state index in [1.54, 1.807) is 18.6 Å². The lowest BCUT2D eigenvalue weighted by Crippen LogP contribution is -2.32. The molecule has 0 atom stereocenters. The van der Waals surface area contributed by atoms with E-state index in [0.717, 1.165) is 27.9 Å². The number of anilines is 1. The van der Waals surface area contributed by atoms with Crippen LogP contribution in [0.1, 0.15) is 22.3 Å². The van der Waals surface area contributed by atoms with E-state index in [1.165, 1.54) is 22.3 Å². The number of hydrogen-bond donors (Lipinski definition) is 0. The topological polar surface area (TPSA) is 51.0 Å². The van der Waals surface area contributed by atoms with E-state index < -0.39 is 17.5 Å². The number of benzene rings is 2. The Balaban J connectivity index is 1.68. The largest absolute Gasteiger partial charge is 0.337 e. The van der Waals surface area contributed by atoms with Gasteiger partial charge in [0.05, 0.1) is 16.5 Å². The molecule has 0 aliphatic carbocycles. The number of hydrogen-bond acceptors (Lipinski definition) is 4. The van der Waals surface area contributed by atoms with E-state index in [2.05, 4.69) is 9.97 Å². The predicted molar refractivity (Wildman–Crippen MR) is 114 cm³/mol. The average molecular weight is 447 g/mol. The van der Waals surface area contributed by atoms with Gasteiger partial charge in [0.15, 0.2) is 16.8 Å². The Morgan fingerprint density at radius 1 is 1.23 bits per heavy atom. The lowest BCUT2D eigenvalue weighted by atomic mass is 10.2. The highest BCUT2D eigenvalue weighted by atomic mass is 35.5. The first kappa shape index (κ1) is 20.4. The maximum atomic E-state index is 13.7. The van der Waals surface area contributed by atoms with Crippen LogP contribution >= 0.6 is 22.9 Å². The second kappa shape index (κ2) is 8.49. The van der Waals surface area contributed by atoms with Crippen LogP contribution in [0.3, 0.4) is 0 Å². The monoisotopic (exact) mass is 446 g/mol. The predicted octanol–water partition coefficient (Wildman–Crippen LogP) is 5.47. The zero-order valence-electron chi connectivity index (χ0n) is 16.0. The van der Waals surface area contributed by atoms with Crippen molar-refractivity contribution in [3.05, 3.63) is 76.8 Å². The number of thiazole rings is 1. The van der Waals surface area contributed by atoms with Gasteiger partial charge in [0, 0.05) is 36.1 Å². The summed E-state index contributed by atoms with van der Waals surface area (Å²) in [6, 6.07) is 6.76. The Morgan fingerprint density at radius 2 is 2.07 bits per heavy atom. The maximum absolute atomic E-state index is 13.7. The van der Waals surface area contributed by atoms with Crippen LogP contribution in [0.5, 0.6) is 0 Å². The molecule has 2 heterocycles. The van der Waals surface area contributed by atoms with Gasteiger partial charge in [0.1, 0.15) is 0 Å². The normalized spacial score (nSPS) is 11.2. The van der Waals surface area contributed by atoms with Crippen molar-refractivity contribution >= 4 is 44.2 Å². The van der Waals surface area contributed by atoms with Crippen LogP contribution in [0, 0.1) is 18.6 Å². The van der Waals surface area contributed by atoms with Gasteiger partial charge >= 0.3 is 0 Å². The number of carbonyl (C=O) groups excluding carboxylic acids is 1. The fourth-order valence-corrected chi connectivity index (χ4v) is 4.60. The minimum absolute atomic E-state index is 0.0607. The Morgan fingerprint density at radius 3 is 2.80 bits per heavy atom. The Hall–Kier alpha value is -2.84. The highest BCUT2D eigenvalue weighted by Gasteiger charge is 2.23. The van der Waals surface area contributed by atoms with Gasteiger partial charge in [-0.1, -0.05) is 22.9 Å². The molecule has 0 aliphatic heterocycles. The van der Waals surface area contributed by atoms with Crippen molar-refractivity contribution in [2.24, 2.45) is 0 Å². The van der Waals surface area contributed by atoms with Crippen molar-refractivity contribution in [3.63, 3.8) is 0 Å². The molecule has 30 heavy (non-hydrogen) atoms. The highest BCUT2D eigenvalue weighted by Crippen LogP contribution is 2.33. The highest BCUT2D eigenvalue weighted by molar-refractivity contribution is 7.22. The van der Waals surface area contributed by atoms with Crippen LogP contribution in [0.4, 0.5) is 13.9 Å². The standard InChI is InChI=1S/C21H17ClF2N4OS/c1-13-9-15(22)11-18-19(13)26-21(30-18)28(7-2-6-27-8-5-25-12-27)20(29)14-3-4-16(23)17(24)10-14/h3-5,8-12H,2,6-7H2,1H3. The summed E-state index contributed by atoms with van der Waals surface area (Å²) >= 11 is 7.49. The molecule has 0 saturated carbocycles. The molecule has 1 amide bonds. The van der Waals surface area contributed by atoms with Crippen molar-refractivity contribution < 1.29 is 13.6 Å². The number of aromatic nitrogens is 3. The van der Waals surface area contributed by atoms with Crippen molar-refractivity contribution in [3.8, 4) is 0 Å². The van der Waals surface area contributed by atoms with E-state index in [9.17, 15) is 13.6 Å². The molecular weight excluding hydrogens is 430 g/mol. The van der Waals surface area contributed by atoms with E-state index in [-0.39, 0.29) is 5.56 Å². The SMILES string of the molecule is Cc1cc(Cl)cc2sc(N(CCCn3ccnc3)C(=O)c3ccc(F)c(F)c3)nc12. The van der Waals surface area contributed by atoms with Gasteiger partial charge in [-0.05, 0) is 49.2 Å². The maximum Gasteiger partial charge on any atom is 0.260 e. The van der Waals surface area contributed by atoms with Crippen molar-refractivity contribution in [1.82, 2.24) is 14.5 Å². The van der Waals surface area contributed by atoms with Crippen molar-refractivity contribution in [2.75, 3.05) is 11.4 Å². The molecule has 0 aliphatic rings. The van der Waals surface area contributed by atoms with Gasteiger partial charge in [0.2, 0.25) is 0 Å². The molecule has 0 unspecified atom stereocenters. The fourth-order valence-electron chi connectivity index (χ4n) is 3.16. The van der Waals surface area contributed by atoms with Crippen molar-refractivity contribution in [1.29, 1.82) is 0 Å². The lowest BCUT2D eigenvalue weighted by molar-refractivity contribution is 0.0985. The van der Waals surface area contributed by atoms with Gasteiger partial charge in [-0.3, -0.25) is 9.69 Å². The first-order valence-corrected chi connectivity index (χ1v) is 10.4. The van der Waals surface area contributed by atoms with Crippen LogP contribution < -0.4 is 4.90 Å². The fraction of sp³-hybridized carbons (Fsp3) is 0.190. The number of fused-ring (bicyclic) bond motifs is 1. The van der Waals surface area contributed by atoms with Crippen molar-refractivity contribution in [2.45, 2.75) is 19.9 Å². The molecule has 0 fully saturated rings. The van der Waals surface area contributed by atoms with Crippen LogP contribution in [-0.2, 0) is 6.54 Å². The third-order valence-electron chi connectivity index (χ3n) is 4.64. The summed E-state index contributed by atoms with van der Waals surface area (Å²) < 4.78 is 29.8. The molecule has 0 bridgehead atoms. The first-order chi connectivity index (χ1) is 14.4. The van der Waals surface area contributed by atoms with E-state index >= 15 is 0 Å². The number of amides is 1. The zero-order valence-corrected chi connectivity index (χ0v) is 17.6. The van der Waals surface area contributed by atoms with E-state index in [0.29, 0.717) is 29.7 Å². The van der Waals surface area contributed by atoms with E-state index in [1.807, 2.05) is 23.8 Å². The van der Waals surface area contributed by atoms with Gasteiger partial charge in [-0.2, -0.15) is 0 Å². The van der Waals surface area contributed by atoms with Gasteiger partial charge in [-0.15, -0.1) is 0 Å². The van der Waals surface area contributed by atoms with Gasteiger partial charge in [-0.25, -0.2) is 18.7 Å². The Labute approximate surface area is 180 Å². The van der Waals surface area contributed by atoms with Crippen LogP contribution in [0.2, 0.25) is 5.02 Å².